The molecule has 0 saturated carbocycles. The van der Waals surface area contributed by atoms with Gasteiger partial charge in [-0.1, -0.05) is 11.6 Å². The SMILES string of the molecule is O=C(C1=CC2(CCN(OC(=S)Nc3ccc(C(F)(F)F)cc3)CC2)ON1)N1CCN(c2ncccc2Cl)CC1. The van der Waals surface area contributed by atoms with Crippen LogP contribution in [-0.2, 0) is 20.6 Å². The summed E-state index contributed by atoms with van der Waals surface area (Å²) in [6.45, 7) is 3.24. The third kappa shape index (κ3) is 6.38. The lowest BCUT2D eigenvalue weighted by Gasteiger charge is -2.35. The summed E-state index contributed by atoms with van der Waals surface area (Å²) < 4.78 is 38.2. The number of carbonyl (C=O) groups excluding carboxylic acids is 1. The van der Waals surface area contributed by atoms with Crippen molar-refractivity contribution in [2.24, 2.45) is 0 Å². The maximum Gasteiger partial charge on any atom is 0.416 e. The third-order valence-corrected chi connectivity index (χ3v) is 7.32. The first-order chi connectivity index (χ1) is 18.6. The maximum atomic E-state index is 13.1. The van der Waals surface area contributed by atoms with Crippen molar-refractivity contribution in [2.75, 3.05) is 49.5 Å². The Morgan fingerprint density at radius 1 is 1.10 bits per heavy atom. The van der Waals surface area contributed by atoms with Crippen LogP contribution in [-0.4, -0.2) is 70.9 Å². The molecule has 0 aliphatic carbocycles. The molecule has 4 heterocycles. The molecule has 3 aliphatic heterocycles. The molecule has 0 radical (unpaired) electrons. The molecule has 0 bridgehead atoms. The number of thiocarbonyl (C=S) groups is 1. The molecule has 208 valence electrons. The number of amides is 1. The molecule has 2 N–H and O–H groups in total. The molecule has 1 aromatic carbocycles. The molecule has 1 spiro atoms. The van der Waals surface area contributed by atoms with Crippen molar-refractivity contribution < 1.29 is 27.6 Å². The molecule has 14 heteroatoms. The van der Waals surface area contributed by atoms with E-state index in [4.69, 9.17) is 33.5 Å². The lowest BCUT2D eigenvalue weighted by Crippen LogP contribution is -2.50. The monoisotopic (exact) mass is 582 g/mol. The fourth-order valence-corrected chi connectivity index (χ4v) is 5.15. The summed E-state index contributed by atoms with van der Waals surface area (Å²) in [6, 6.07) is 8.11. The maximum absolute atomic E-state index is 13.1. The average Bonchev–Trinajstić information content (AvgIpc) is 3.33. The van der Waals surface area contributed by atoms with Gasteiger partial charge in [-0.3, -0.25) is 15.1 Å². The van der Waals surface area contributed by atoms with Crippen LogP contribution in [0.15, 0.2) is 54.4 Å². The van der Waals surface area contributed by atoms with E-state index in [0.29, 0.717) is 68.5 Å². The molecular formula is C25H26ClF3N6O3S. The highest BCUT2D eigenvalue weighted by Crippen LogP contribution is 2.33. The highest BCUT2D eigenvalue weighted by atomic mass is 35.5. The second kappa shape index (κ2) is 11.2. The van der Waals surface area contributed by atoms with Gasteiger partial charge in [0, 0.05) is 51.2 Å². The van der Waals surface area contributed by atoms with Crippen molar-refractivity contribution >= 4 is 46.4 Å². The molecule has 0 atom stereocenters. The van der Waals surface area contributed by atoms with Gasteiger partial charge in [-0.15, -0.1) is 5.06 Å². The number of alkyl halides is 3. The number of nitrogens with zero attached hydrogens (tertiary/aromatic N) is 4. The first-order valence-electron chi connectivity index (χ1n) is 12.3. The van der Waals surface area contributed by atoms with Gasteiger partial charge in [0.05, 0.1) is 10.6 Å². The van der Waals surface area contributed by atoms with E-state index in [1.54, 1.807) is 28.3 Å². The molecular weight excluding hydrogens is 557 g/mol. The lowest BCUT2D eigenvalue weighted by atomic mass is 9.91. The molecule has 2 fully saturated rings. The zero-order valence-electron chi connectivity index (χ0n) is 20.7. The van der Waals surface area contributed by atoms with Gasteiger partial charge in [-0.2, -0.15) is 13.2 Å². The molecule has 2 saturated heterocycles. The molecule has 9 nitrogen and oxygen atoms in total. The Balaban J connectivity index is 1.09. The number of hydroxylamine groups is 3. The molecule has 39 heavy (non-hydrogen) atoms. The van der Waals surface area contributed by atoms with Gasteiger partial charge in [0.1, 0.15) is 17.1 Å². The first-order valence-corrected chi connectivity index (χ1v) is 13.1. The number of piperidine rings is 1. The Morgan fingerprint density at radius 3 is 2.44 bits per heavy atom. The lowest BCUT2D eigenvalue weighted by molar-refractivity contribution is -0.146. The van der Waals surface area contributed by atoms with Gasteiger partial charge in [0.25, 0.3) is 11.1 Å². The number of anilines is 2. The van der Waals surface area contributed by atoms with Crippen LogP contribution in [0.1, 0.15) is 18.4 Å². The molecule has 2 aromatic rings. The van der Waals surface area contributed by atoms with Gasteiger partial charge in [0.2, 0.25) is 0 Å². The van der Waals surface area contributed by atoms with Crippen LogP contribution < -0.4 is 15.7 Å². The Bertz CT molecular complexity index is 1250. The van der Waals surface area contributed by atoms with E-state index in [1.165, 1.54) is 12.1 Å². The van der Waals surface area contributed by atoms with E-state index < -0.39 is 17.3 Å². The number of aromatic nitrogens is 1. The second-order valence-corrected chi connectivity index (χ2v) is 10.2. The average molecular weight is 583 g/mol. The number of hydrogen-bond acceptors (Lipinski definition) is 8. The van der Waals surface area contributed by atoms with Crippen LogP contribution in [0.3, 0.4) is 0 Å². The van der Waals surface area contributed by atoms with E-state index in [2.05, 4.69) is 20.7 Å². The van der Waals surface area contributed by atoms with Crippen molar-refractivity contribution in [1.29, 1.82) is 0 Å². The molecule has 3 aliphatic rings. The fraction of sp³-hybridized carbons (Fsp3) is 0.400. The van der Waals surface area contributed by atoms with Crippen LogP contribution in [0.25, 0.3) is 0 Å². The molecule has 0 unspecified atom stereocenters. The van der Waals surface area contributed by atoms with Crippen LogP contribution in [0.4, 0.5) is 24.7 Å². The zero-order chi connectivity index (χ0) is 27.6. The normalized spacial score (nSPS) is 19.4. The Hall–Kier alpha value is -3.13. The Labute approximate surface area is 233 Å². The minimum Gasteiger partial charge on any atom is -0.375 e. The van der Waals surface area contributed by atoms with E-state index in [0.717, 1.165) is 18.0 Å². The van der Waals surface area contributed by atoms with Crippen LogP contribution >= 0.6 is 23.8 Å². The number of rotatable bonds is 4. The topological polar surface area (TPSA) is 82.2 Å². The van der Waals surface area contributed by atoms with Crippen LogP contribution in [0.5, 0.6) is 0 Å². The van der Waals surface area contributed by atoms with Gasteiger partial charge in [0.15, 0.2) is 0 Å². The number of halogens is 4. The highest BCUT2D eigenvalue weighted by Gasteiger charge is 2.42. The summed E-state index contributed by atoms with van der Waals surface area (Å²) in [6.07, 6.45) is 0.229. The quantitative estimate of drug-likeness (QED) is 0.520. The van der Waals surface area contributed by atoms with E-state index >= 15 is 0 Å². The summed E-state index contributed by atoms with van der Waals surface area (Å²) >= 11 is 11.5. The summed E-state index contributed by atoms with van der Waals surface area (Å²) in [5.74, 6) is 0.592. The fourth-order valence-electron chi connectivity index (χ4n) is 4.69. The number of piperazine rings is 1. The molecule has 1 amide bonds. The van der Waals surface area contributed by atoms with E-state index in [1.807, 2.05) is 6.08 Å². The standard InChI is InChI=1S/C25H26ClF3N6O3S/c26-19-2-1-9-30-21(19)33-12-14-34(15-13-33)22(36)20-16-24(38-32-20)7-10-35(11-8-24)37-23(39)31-18-5-3-17(4-6-18)25(27,28)29/h1-6,9,16,32H,7-8,10-15H2,(H,31,39). The minimum absolute atomic E-state index is 0.0220. The Morgan fingerprint density at radius 2 is 1.79 bits per heavy atom. The van der Waals surface area contributed by atoms with Crippen LogP contribution in [0.2, 0.25) is 5.02 Å². The van der Waals surface area contributed by atoms with E-state index in [-0.39, 0.29) is 11.1 Å². The predicted molar refractivity (Wildman–Crippen MR) is 143 cm³/mol. The third-order valence-electron chi connectivity index (χ3n) is 6.85. The second-order valence-electron chi connectivity index (χ2n) is 9.42. The zero-order valence-corrected chi connectivity index (χ0v) is 22.3. The van der Waals surface area contributed by atoms with Crippen molar-refractivity contribution in [3.05, 3.63) is 65.0 Å². The summed E-state index contributed by atoms with van der Waals surface area (Å²) in [5.41, 5.74) is 2.23. The van der Waals surface area contributed by atoms with Crippen molar-refractivity contribution in [2.45, 2.75) is 24.6 Å². The summed E-state index contributed by atoms with van der Waals surface area (Å²) in [7, 11) is 0. The summed E-state index contributed by atoms with van der Waals surface area (Å²) in [5, 5.41) is 5.04. The highest BCUT2D eigenvalue weighted by molar-refractivity contribution is 7.80. The molecule has 1 aromatic heterocycles. The number of pyridine rings is 1. The number of carbonyl (C=O) groups is 1. The van der Waals surface area contributed by atoms with Crippen molar-refractivity contribution in [3.8, 4) is 0 Å². The molecule has 5 rings (SSSR count). The predicted octanol–water partition coefficient (Wildman–Crippen LogP) is 3.98. The number of nitrogens with one attached hydrogen (secondary N) is 2. The van der Waals surface area contributed by atoms with Gasteiger partial charge >= 0.3 is 6.18 Å². The van der Waals surface area contributed by atoms with E-state index in [9.17, 15) is 18.0 Å². The minimum atomic E-state index is -4.40. The largest absolute Gasteiger partial charge is 0.416 e. The van der Waals surface area contributed by atoms with Crippen molar-refractivity contribution in [3.63, 3.8) is 0 Å². The van der Waals surface area contributed by atoms with Crippen LogP contribution in [0, 0.1) is 0 Å². The van der Waals surface area contributed by atoms with Gasteiger partial charge in [-0.05, 0) is 67.5 Å². The summed E-state index contributed by atoms with van der Waals surface area (Å²) in [4.78, 5) is 32.8. The number of hydrogen-bond donors (Lipinski definition) is 2. The van der Waals surface area contributed by atoms with Crippen molar-refractivity contribution in [1.82, 2.24) is 20.4 Å². The number of benzene rings is 1. The van der Waals surface area contributed by atoms with Gasteiger partial charge in [-0.25, -0.2) is 4.98 Å². The first kappa shape index (κ1) is 27.4. The smallest absolute Gasteiger partial charge is 0.375 e. The van der Waals surface area contributed by atoms with Gasteiger partial charge < -0.3 is 20.0 Å². The Kier molecular flexibility index (Phi) is 7.85.